The lowest BCUT2D eigenvalue weighted by atomic mass is 9.97. The molecule has 2 rings (SSSR count). The molecule has 1 fully saturated rings. The molecule has 5 heteroatoms. The van der Waals surface area contributed by atoms with Crippen molar-refractivity contribution in [1.82, 2.24) is 5.32 Å². The molecule has 1 aliphatic rings. The van der Waals surface area contributed by atoms with E-state index < -0.39 is 5.41 Å². The fourth-order valence-electron chi connectivity index (χ4n) is 2.05. The highest BCUT2D eigenvalue weighted by molar-refractivity contribution is 5.83. The van der Waals surface area contributed by atoms with Crippen LogP contribution in [-0.2, 0) is 4.79 Å². The number of anilines is 2. The van der Waals surface area contributed by atoms with Crippen LogP contribution < -0.4 is 20.7 Å². The summed E-state index contributed by atoms with van der Waals surface area (Å²) >= 11 is 0. The van der Waals surface area contributed by atoms with Gasteiger partial charge in [0.05, 0.1) is 16.8 Å². The monoisotopic (exact) mass is 277 g/mol. The molecule has 0 atom stereocenters. The number of nitrogens with two attached hydrogens (primary N) is 1. The summed E-state index contributed by atoms with van der Waals surface area (Å²) in [5.74, 6) is 0.209. The van der Waals surface area contributed by atoms with Gasteiger partial charge in [-0.05, 0) is 32.9 Å². The van der Waals surface area contributed by atoms with Crippen LogP contribution in [0.3, 0.4) is 0 Å². The number of esters is 1. The highest BCUT2D eigenvalue weighted by Crippen LogP contribution is 2.35. The third-order valence-electron chi connectivity index (χ3n) is 3.29. The number of benzene rings is 1. The van der Waals surface area contributed by atoms with Crippen LogP contribution in [-0.4, -0.2) is 32.1 Å². The smallest absolute Gasteiger partial charge is 0.316 e. The standard InChI is InChI=1S/C15H23N3O2/c1-15(2,3)14(19)20-13-11(16)5-4-6-12(13)18-9-7-17-8-10-18/h4-6,17H,7-10,16H2,1-3H3. The molecular formula is C15H23N3O2. The van der Waals surface area contributed by atoms with Crippen LogP contribution >= 0.6 is 0 Å². The van der Waals surface area contributed by atoms with Gasteiger partial charge in [0.25, 0.3) is 0 Å². The Balaban J connectivity index is 2.29. The summed E-state index contributed by atoms with van der Waals surface area (Å²) in [5.41, 5.74) is 6.84. The minimum absolute atomic E-state index is 0.271. The molecule has 0 spiro atoms. The van der Waals surface area contributed by atoms with Crippen molar-refractivity contribution in [1.29, 1.82) is 0 Å². The van der Waals surface area contributed by atoms with E-state index >= 15 is 0 Å². The predicted octanol–water partition coefficient (Wildman–Crippen LogP) is 1.63. The van der Waals surface area contributed by atoms with E-state index in [0.29, 0.717) is 11.4 Å². The second-order valence-electron chi connectivity index (χ2n) is 6.07. The first-order chi connectivity index (χ1) is 9.39. The minimum Gasteiger partial charge on any atom is -0.422 e. The van der Waals surface area contributed by atoms with Crippen LogP contribution in [0.4, 0.5) is 11.4 Å². The molecule has 5 nitrogen and oxygen atoms in total. The highest BCUT2D eigenvalue weighted by Gasteiger charge is 2.26. The first-order valence-electron chi connectivity index (χ1n) is 6.96. The zero-order valence-electron chi connectivity index (χ0n) is 12.4. The van der Waals surface area contributed by atoms with Crippen LogP contribution in [0.1, 0.15) is 20.8 Å². The second-order valence-corrected chi connectivity index (χ2v) is 6.07. The molecule has 1 heterocycles. The lowest BCUT2D eigenvalue weighted by Gasteiger charge is -2.31. The third kappa shape index (κ3) is 3.22. The summed E-state index contributed by atoms with van der Waals surface area (Å²) in [6.07, 6.45) is 0. The number of rotatable bonds is 2. The van der Waals surface area contributed by atoms with Gasteiger partial charge in [0.2, 0.25) is 0 Å². The minimum atomic E-state index is -0.553. The molecule has 0 aliphatic carbocycles. The lowest BCUT2D eigenvalue weighted by Crippen LogP contribution is -2.43. The van der Waals surface area contributed by atoms with Crippen LogP contribution in [0.2, 0.25) is 0 Å². The van der Waals surface area contributed by atoms with Gasteiger partial charge in [0, 0.05) is 26.2 Å². The van der Waals surface area contributed by atoms with Gasteiger partial charge in [-0.25, -0.2) is 0 Å². The van der Waals surface area contributed by atoms with Crippen LogP contribution in [0, 0.1) is 5.41 Å². The SMILES string of the molecule is CC(C)(C)C(=O)Oc1c(N)cccc1N1CCNCC1. The van der Waals surface area contributed by atoms with Crippen molar-refractivity contribution < 1.29 is 9.53 Å². The van der Waals surface area contributed by atoms with E-state index in [9.17, 15) is 4.79 Å². The molecule has 0 bridgehead atoms. The molecule has 0 amide bonds. The fourth-order valence-corrected chi connectivity index (χ4v) is 2.05. The Kier molecular flexibility index (Phi) is 4.18. The number of para-hydroxylation sites is 1. The van der Waals surface area contributed by atoms with Gasteiger partial charge >= 0.3 is 5.97 Å². The zero-order chi connectivity index (χ0) is 14.8. The molecule has 3 N–H and O–H groups in total. The van der Waals surface area contributed by atoms with Gasteiger partial charge in [-0.3, -0.25) is 4.79 Å². The van der Waals surface area contributed by atoms with Gasteiger partial charge in [0.1, 0.15) is 0 Å². The van der Waals surface area contributed by atoms with E-state index in [2.05, 4.69) is 10.2 Å². The Labute approximate surface area is 120 Å². The topological polar surface area (TPSA) is 67.6 Å². The van der Waals surface area contributed by atoms with Crippen molar-refractivity contribution in [2.24, 2.45) is 5.41 Å². The summed E-state index contributed by atoms with van der Waals surface area (Å²) in [4.78, 5) is 14.3. The molecule has 1 saturated heterocycles. The van der Waals surface area contributed by atoms with Crippen molar-refractivity contribution in [2.75, 3.05) is 36.8 Å². The maximum absolute atomic E-state index is 12.1. The quantitative estimate of drug-likeness (QED) is 0.488. The molecule has 20 heavy (non-hydrogen) atoms. The third-order valence-corrected chi connectivity index (χ3v) is 3.29. The highest BCUT2D eigenvalue weighted by atomic mass is 16.5. The summed E-state index contributed by atoms with van der Waals surface area (Å²) in [7, 11) is 0. The van der Waals surface area contributed by atoms with E-state index in [-0.39, 0.29) is 5.97 Å². The van der Waals surface area contributed by atoms with Crippen molar-refractivity contribution in [3.8, 4) is 5.75 Å². The van der Waals surface area contributed by atoms with Crippen molar-refractivity contribution in [3.63, 3.8) is 0 Å². The van der Waals surface area contributed by atoms with Crippen molar-refractivity contribution in [2.45, 2.75) is 20.8 Å². The van der Waals surface area contributed by atoms with E-state index in [0.717, 1.165) is 31.9 Å². The van der Waals surface area contributed by atoms with Gasteiger partial charge in [-0.1, -0.05) is 6.07 Å². The normalized spacial score (nSPS) is 16.1. The van der Waals surface area contributed by atoms with E-state index in [1.54, 1.807) is 6.07 Å². The Morgan fingerprint density at radius 1 is 1.30 bits per heavy atom. The number of carbonyl (C=O) groups excluding carboxylic acids is 1. The molecule has 0 unspecified atom stereocenters. The largest absolute Gasteiger partial charge is 0.422 e. The Bertz CT molecular complexity index is 488. The number of nitrogens with zero attached hydrogens (tertiary/aromatic N) is 1. The average molecular weight is 277 g/mol. The number of hydrogen-bond donors (Lipinski definition) is 2. The number of hydrogen-bond acceptors (Lipinski definition) is 5. The molecule has 1 aliphatic heterocycles. The van der Waals surface area contributed by atoms with Crippen LogP contribution in [0.25, 0.3) is 0 Å². The molecule has 0 saturated carbocycles. The van der Waals surface area contributed by atoms with Crippen LogP contribution in [0.15, 0.2) is 18.2 Å². The molecule has 1 aromatic rings. The molecule has 0 radical (unpaired) electrons. The average Bonchev–Trinajstić information content (AvgIpc) is 2.41. The molecular weight excluding hydrogens is 254 g/mol. The first-order valence-corrected chi connectivity index (χ1v) is 6.96. The fraction of sp³-hybridized carbons (Fsp3) is 0.533. The second kappa shape index (κ2) is 5.71. The van der Waals surface area contributed by atoms with Crippen LogP contribution in [0.5, 0.6) is 5.75 Å². The van der Waals surface area contributed by atoms with E-state index in [4.69, 9.17) is 10.5 Å². The lowest BCUT2D eigenvalue weighted by molar-refractivity contribution is -0.142. The van der Waals surface area contributed by atoms with Gasteiger partial charge < -0.3 is 20.7 Å². The number of ether oxygens (including phenoxy) is 1. The number of piperazine rings is 1. The summed E-state index contributed by atoms with van der Waals surface area (Å²) < 4.78 is 5.57. The number of carbonyl (C=O) groups is 1. The Hall–Kier alpha value is -1.75. The summed E-state index contributed by atoms with van der Waals surface area (Å²) in [6, 6.07) is 5.60. The molecule has 1 aromatic carbocycles. The van der Waals surface area contributed by atoms with Gasteiger partial charge in [-0.15, -0.1) is 0 Å². The maximum Gasteiger partial charge on any atom is 0.316 e. The summed E-state index contributed by atoms with van der Waals surface area (Å²) in [6.45, 7) is 9.09. The Morgan fingerprint density at radius 2 is 1.95 bits per heavy atom. The first kappa shape index (κ1) is 14.7. The van der Waals surface area contributed by atoms with Gasteiger partial charge in [-0.2, -0.15) is 0 Å². The van der Waals surface area contributed by atoms with E-state index in [1.165, 1.54) is 0 Å². The molecule has 0 aromatic heterocycles. The van der Waals surface area contributed by atoms with Crippen molar-refractivity contribution in [3.05, 3.63) is 18.2 Å². The van der Waals surface area contributed by atoms with Crippen molar-refractivity contribution >= 4 is 17.3 Å². The number of nitrogen functional groups attached to an aromatic ring is 1. The van der Waals surface area contributed by atoms with Gasteiger partial charge in [0.15, 0.2) is 5.75 Å². The van der Waals surface area contributed by atoms with E-state index in [1.807, 2.05) is 32.9 Å². The summed E-state index contributed by atoms with van der Waals surface area (Å²) in [5, 5.41) is 3.30. The maximum atomic E-state index is 12.1. The zero-order valence-corrected chi connectivity index (χ0v) is 12.4. The molecule has 110 valence electrons. The number of nitrogens with one attached hydrogen (secondary N) is 1. The Morgan fingerprint density at radius 3 is 2.55 bits per heavy atom. The predicted molar refractivity (Wildman–Crippen MR) is 81.0 cm³/mol.